The first-order valence-electron chi connectivity index (χ1n) is 5.00. The monoisotopic (exact) mass is 271 g/mol. The molecule has 2 aromatic rings. The Kier molecular flexibility index (Phi) is 3.32. The van der Waals surface area contributed by atoms with Crippen molar-refractivity contribution in [3.8, 4) is 0 Å². The van der Waals surface area contributed by atoms with Gasteiger partial charge in [0.2, 0.25) is 0 Å². The summed E-state index contributed by atoms with van der Waals surface area (Å²) in [6, 6.07) is 3.82. The van der Waals surface area contributed by atoms with Crippen LogP contribution in [0.4, 0.5) is 0 Å². The molecule has 0 aliphatic carbocycles. The van der Waals surface area contributed by atoms with Crippen molar-refractivity contribution in [1.29, 1.82) is 0 Å². The summed E-state index contributed by atoms with van der Waals surface area (Å²) < 4.78 is 25.6. The molecular weight excluding hydrogens is 258 g/mol. The van der Waals surface area contributed by atoms with Gasteiger partial charge < -0.3 is 4.98 Å². The third-order valence-corrected chi connectivity index (χ3v) is 4.90. The van der Waals surface area contributed by atoms with Crippen molar-refractivity contribution in [2.45, 2.75) is 18.5 Å². The van der Waals surface area contributed by atoms with E-state index in [0.717, 1.165) is 4.88 Å². The third kappa shape index (κ3) is 2.56. The number of sulfonamides is 1. The minimum absolute atomic E-state index is 0.133. The minimum atomic E-state index is -3.47. The number of thiophene rings is 1. The molecule has 92 valence electrons. The average Bonchev–Trinajstić information content (AvgIpc) is 2.89. The van der Waals surface area contributed by atoms with Crippen molar-refractivity contribution in [1.82, 2.24) is 14.3 Å². The first kappa shape index (κ1) is 12.3. The zero-order chi connectivity index (χ0) is 12.5. The number of H-pyrrole nitrogens is 1. The lowest BCUT2D eigenvalue weighted by molar-refractivity contribution is 0.467. The molecule has 2 heterocycles. The molecule has 0 fully saturated rings. The van der Waals surface area contributed by atoms with Crippen molar-refractivity contribution in [3.05, 3.63) is 34.4 Å². The number of aromatic amines is 1. The van der Waals surface area contributed by atoms with Crippen molar-refractivity contribution >= 4 is 21.4 Å². The van der Waals surface area contributed by atoms with Gasteiger partial charge in [0.25, 0.3) is 10.0 Å². The van der Waals surface area contributed by atoms with E-state index < -0.39 is 10.0 Å². The zero-order valence-corrected chi connectivity index (χ0v) is 11.2. The van der Waals surface area contributed by atoms with Gasteiger partial charge in [-0.05, 0) is 18.4 Å². The van der Waals surface area contributed by atoms with Crippen molar-refractivity contribution in [3.63, 3.8) is 0 Å². The summed E-state index contributed by atoms with van der Waals surface area (Å²) >= 11 is 1.54. The second kappa shape index (κ2) is 4.59. The Bertz CT molecular complexity index is 587. The largest absolute Gasteiger partial charge is 0.332 e. The highest BCUT2D eigenvalue weighted by Gasteiger charge is 2.22. The maximum atomic E-state index is 12.1. The second-order valence-electron chi connectivity index (χ2n) is 3.67. The van der Waals surface area contributed by atoms with Crippen LogP contribution in [0.25, 0.3) is 0 Å². The van der Waals surface area contributed by atoms with E-state index in [1.165, 1.54) is 21.8 Å². The molecule has 0 bridgehead atoms. The molecule has 0 atom stereocenters. The molecular formula is C10H13N3O2S2. The van der Waals surface area contributed by atoms with E-state index in [9.17, 15) is 8.42 Å². The molecule has 17 heavy (non-hydrogen) atoms. The molecule has 0 radical (unpaired) electrons. The quantitative estimate of drug-likeness (QED) is 0.918. The number of aryl methyl sites for hydroxylation is 1. The van der Waals surface area contributed by atoms with E-state index in [0.29, 0.717) is 12.4 Å². The summed E-state index contributed by atoms with van der Waals surface area (Å²) in [5.41, 5.74) is 0. The zero-order valence-electron chi connectivity index (χ0n) is 9.54. The lowest BCUT2D eigenvalue weighted by Gasteiger charge is -2.14. The van der Waals surface area contributed by atoms with Gasteiger partial charge >= 0.3 is 0 Å². The van der Waals surface area contributed by atoms with Gasteiger partial charge in [0, 0.05) is 18.5 Å². The van der Waals surface area contributed by atoms with Crippen LogP contribution in [0.2, 0.25) is 0 Å². The Morgan fingerprint density at radius 3 is 2.82 bits per heavy atom. The maximum Gasteiger partial charge on any atom is 0.260 e. The Morgan fingerprint density at radius 1 is 1.53 bits per heavy atom. The van der Waals surface area contributed by atoms with Gasteiger partial charge in [0.05, 0.1) is 6.20 Å². The smallest absolute Gasteiger partial charge is 0.260 e. The van der Waals surface area contributed by atoms with E-state index in [-0.39, 0.29) is 5.03 Å². The first-order valence-corrected chi connectivity index (χ1v) is 7.32. The van der Waals surface area contributed by atoms with Crippen LogP contribution in [-0.2, 0) is 16.6 Å². The molecule has 5 nitrogen and oxygen atoms in total. The van der Waals surface area contributed by atoms with Crippen LogP contribution in [0.3, 0.4) is 0 Å². The Hall–Kier alpha value is -1.18. The average molecular weight is 271 g/mol. The van der Waals surface area contributed by atoms with Gasteiger partial charge in [-0.1, -0.05) is 6.07 Å². The van der Waals surface area contributed by atoms with Crippen LogP contribution in [0, 0.1) is 6.92 Å². The number of aromatic nitrogens is 2. The van der Waals surface area contributed by atoms with Gasteiger partial charge in [-0.3, -0.25) is 0 Å². The SMILES string of the molecule is Cc1ncc(S(=O)(=O)N(C)Cc2cccs2)[nH]1. The highest BCUT2D eigenvalue weighted by atomic mass is 32.2. The predicted octanol–water partition coefficient (Wildman–Crippen LogP) is 1.60. The van der Waals surface area contributed by atoms with Gasteiger partial charge in [-0.25, -0.2) is 13.4 Å². The molecule has 2 rings (SSSR count). The highest BCUT2D eigenvalue weighted by Crippen LogP contribution is 2.17. The Morgan fingerprint density at radius 2 is 2.29 bits per heavy atom. The molecule has 0 unspecified atom stereocenters. The second-order valence-corrected chi connectivity index (χ2v) is 6.72. The standard InChI is InChI=1S/C10H13N3O2S2/c1-8-11-6-10(12-8)17(14,15)13(2)7-9-4-3-5-16-9/h3-6H,7H2,1-2H3,(H,11,12). The number of hydrogen-bond acceptors (Lipinski definition) is 4. The predicted molar refractivity (Wildman–Crippen MR) is 66.3 cm³/mol. The molecule has 7 heteroatoms. The van der Waals surface area contributed by atoms with Gasteiger partial charge in [-0.15, -0.1) is 11.3 Å². The van der Waals surface area contributed by atoms with Crippen LogP contribution < -0.4 is 0 Å². The molecule has 0 aromatic carbocycles. The van der Waals surface area contributed by atoms with Crippen molar-refractivity contribution in [2.75, 3.05) is 7.05 Å². The van der Waals surface area contributed by atoms with E-state index in [4.69, 9.17) is 0 Å². The molecule has 0 spiro atoms. The van der Waals surface area contributed by atoms with Crippen LogP contribution in [0.1, 0.15) is 10.7 Å². The number of rotatable bonds is 4. The summed E-state index contributed by atoms with van der Waals surface area (Å²) in [4.78, 5) is 7.65. The van der Waals surface area contributed by atoms with E-state index in [1.807, 2.05) is 17.5 Å². The first-order chi connectivity index (χ1) is 8.00. The third-order valence-electron chi connectivity index (χ3n) is 2.33. The van der Waals surface area contributed by atoms with E-state index in [1.54, 1.807) is 14.0 Å². The fourth-order valence-corrected chi connectivity index (χ4v) is 3.35. The Balaban J connectivity index is 2.21. The van der Waals surface area contributed by atoms with Crippen molar-refractivity contribution in [2.24, 2.45) is 0 Å². The van der Waals surface area contributed by atoms with Crippen molar-refractivity contribution < 1.29 is 8.42 Å². The Labute approximate surface area is 104 Å². The molecule has 0 aliphatic heterocycles. The lowest BCUT2D eigenvalue weighted by atomic mass is 10.5. The van der Waals surface area contributed by atoms with Gasteiger partial charge in [-0.2, -0.15) is 4.31 Å². The number of nitrogens with one attached hydrogen (secondary N) is 1. The molecule has 0 aliphatic rings. The molecule has 2 aromatic heterocycles. The molecule has 1 N–H and O–H groups in total. The summed E-state index contributed by atoms with van der Waals surface area (Å²) in [5, 5.41) is 2.06. The molecule has 0 saturated carbocycles. The lowest BCUT2D eigenvalue weighted by Crippen LogP contribution is -2.26. The highest BCUT2D eigenvalue weighted by molar-refractivity contribution is 7.89. The van der Waals surface area contributed by atoms with Crippen LogP contribution in [0.15, 0.2) is 28.7 Å². The topological polar surface area (TPSA) is 66.1 Å². The maximum absolute atomic E-state index is 12.1. The fourth-order valence-electron chi connectivity index (χ4n) is 1.40. The number of nitrogens with zero attached hydrogens (tertiary/aromatic N) is 2. The number of imidazole rings is 1. The van der Waals surface area contributed by atoms with Gasteiger partial charge in [0.1, 0.15) is 5.82 Å². The summed E-state index contributed by atoms with van der Waals surface area (Å²) in [7, 11) is -1.91. The van der Waals surface area contributed by atoms with E-state index >= 15 is 0 Å². The summed E-state index contributed by atoms with van der Waals surface area (Å²) in [6.45, 7) is 2.09. The minimum Gasteiger partial charge on any atom is -0.332 e. The van der Waals surface area contributed by atoms with Gasteiger partial charge in [0.15, 0.2) is 5.03 Å². The van der Waals surface area contributed by atoms with E-state index in [2.05, 4.69) is 9.97 Å². The molecule has 0 amide bonds. The number of hydrogen-bond donors (Lipinski definition) is 1. The summed E-state index contributed by atoms with van der Waals surface area (Å²) in [5.74, 6) is 0.591. The molecule has 0 saturated heterocycles. The van der Waals surface area contributed by atoms with Crippen LogP contribution >= 0.6 is 11.3 Å². The van der Waals surface area contributed by atoms with Crippen LogP contribution in [0.5, 0.6) is 0 Å². The fraction of sp³-hybridized carbons (Fsp3) is 0.300. The van der Waals surface area contributed by atoms with Crippen LogP contribution in [-0.4, -0.2) is 29.7 Å². The summed E-state index contributed by atoms with van der Waals surface area (Å²) in [6.07, 6.45) is 1.34. The normalized spacial score (nSPS) is 12.2.